The van der Waals surface area contributed by atoms with Gasteiger partial charge in [-0.15, -0.1) is 0 Å². The maximum absolute atomic E-state index is 14.9. The first-order valence-corrected chi connectivity index (χ1v) is 12.2. The van der Waals surface area contributed by atoms with E-state index in [0.717, 1.165) is 18.3 Å². The monoisotopic (exact) mass is 515 g/mol. The summed E-state index contributed by atoms with van der Waals surface area (Å²) in [7, 11) is -3.95. The molecule has 1 saturated heterocycles. The summed E-state index contributed by atoms with van der Waals surface area (Å²) in [5.41, 5.74) is -1.74. The Labute approximate surface area is 200 Å². The molecule has 3 rings (SSSR count). The first kappa shape index (κ1) is 25.8. The van der Waals surface area contributed by atoms with Crippen LogP contribution in [0, 0.1) is 17.0 Å². The predicted octanol–water partition coefficient (Wildman–Crippen LogP) is 3.27. The van der Waals surface area contributed by atoms with Crippen molar-refractivity contribution >= 4 is 38.8 Å². The fourth-order valence-corrected chi connectivity index (χ4v) is 5.70. The SMILES string of the molecule is CCOC[C@]1(C)C(=N)N[C@](C)(c2cc(N/C(=N\O)c3ncc(Cl)cc3F)ccc2F)CS1(=O)=O. The Morgan fingerprint density at radius 2 is 2.06 bits per heavy atom. The predicted molar refractivity (Wildman–Crippen MR) is 124 cm³/mol. The summed E-state index contributed by atoms with van der Waals surface area (Å²) in [6, 6.07) is 4.64. The zero-order valence-electron chi connectivity index (χ0n) is 18.6. The Hall–Kier alpha value is -2.83. The summed E-state index contributed by atoms with van der Waals surface area (Å²) in [4.78, 5) is 3.79. The number of sulfone groups is 1. The third-order valence-electron chi connectivity index (χ3n) is 5.63. The van der Waals surface area contributed by atoms with Gasteiger partial charge in [-0.05, 0) is 45.0 Å². The van der Waals surface area contributed by atoms with Gasteiger partial charge >= 0.3 is 0 Å². The van der Waals surface area contributed by atoms with Crippen molar-refractivity contribution in [3.63, 3.8) is 0 Å². The van der Waals surface area contributed by atoms with Crippen LogP contribution in [0.2, 0.25) is 5.02 Å². The van der Waals surface area contributed by atoms with Crippen molar-refractivity contribution in [3.05, 3.63) is 58.4 Å². The minimum absolute atomic E-state index is 0.0406. The molecule has 1 aromatic carbocycles. The smallest absolute Gasteiger partial charge is 0.198 e. The summed E-state index contributed by atoms with van der Waals surface area (Å²) in [6.45, 7) is 4.62. The number of aromatic nitrogens is 1. The molecule has 0 bridgehead atoms. The highest BCUT2D eigenvalue weighted by molar-refractivity contribution is 7.93. The van der Waals surface area contributed by atoms with Crippen LogP contribution in [0.4, 0.5) is 14.5 Å². The molecular formula is C21H24ClF2N5O4S. The lowest BCUT2D eigenvalue weighted by Crippen LogP contribution is -2.66. The Balaban J connectivity index is 1.97. The van der Waals surface area contributed by atoms with E-state index < -0.39 is 37.5 Å². The van der Waals surface area contributed by atoms with E-state index in [2.05, 4.69) is 20.8 Å². The highest BCUT2D eigenvalue weighted by Crippen LogP contribution is 2.36. The lowest BCUT2D eigenvalue weighted by molar-refractivity contribution is 0.136. The summed E-state index contributed by atoms with van der Waals surface area (Å²) in [5.74, 6) is -2.80. The average Bonchev–Trinajstić information content (AvgIpc) is 2.75. The minimum Gasteiger partial charge on any atom is -0.409 e. The quantitative estimate of drug-likeness (QED) is 0.200. The number of rotatable bonds is 6. The van der Waals surface area contributed by atoms with Gasteiger partial charge < -0.3 is 20.6 Å². The molecule has 184 valence electrons. The molecule has 0 radical (unpaired) electrons. The fourth-order valence-electron chi connectivity index (χ4n) is 3.63. The van der Waals surface area contributed by atoms with Crippen LogP contribution < -0.4 is 10.6 Å². The number of hydrogen-bond donors (Lipinski definition) is 4. The molecular weight excluding hydrogens is 492 g/mol. The van der Waals surface area contributed by atoms with Crippen LogP contribution in [-0.2, 0) is 20.1 Å². The van der Waals surface area contributed by atoms with Crippen LogP contribution in [0.15, 0.2) is 35.6 Å². The van der Waals surface area contributed by atoms with Gasteiger partial charge in [0.05, 0.1) is 22.9 Å². The van der Waals surface area contributed by atoms with E-state index in [1.54, 1.807) is 6.92 Å². The van der Waals surface area contributed by atoms with E-state index in [9.17, 15) is 22.4 Å². The number of oxime groups is 1. The summed E-state index contributed by atoms with van der Waals surface area (Å²) < 4.78 is 59.1. The van der Waals surface area contributed by atoms with E-state index in [4.69, 9.17) is 21.7 Å². The van der Waals surface area contributed by atoms with Gasteiger partial charge in [0, 0.05) is 24.1 Å². The maximum atomic E-state index is 14.9. The topological polar surface area (TPSA) is 137 Å². The van der Waals surface area contributed by atoms with Crippen molar-refractivity contribution in [1.29, 1.82) is 5.41 Å². The first-order chi connectivity index (χ1) is 15.9. The standard InChI is InChI=1S/C21H24ClF2N5O4S/c1-4-33-10-21(3)19(25)28-20(2,11-34(21,31)32)14-8-13(5-6-15(14)23)27-18(29-30)17-16(24)7-12(22)9-26-17/h5-9,30H,4,10-11H2,1-3H3,(H2,25,28)(H,27,29)/t20-,21+/m0/s1. The third kappa shape index (κ3) is 4.70. The molecule has 0 saturated carbocycles. The molecule has 2 heterocycles. The number of anilines is 1. The molecule has 1 aliphatic heterocycles. The van der Waals surface area contributed by atoms with Crippen molar-refractivity contribution < 1.29 is 27.1 Å². The van der Waals surface area contributed by atoms with Crippen molar-refractivity contribution in [2.24, 2.45) is 5.16 Å². The molecule has 1 aliphatic rings. The number of amidine groups is 2. The van der Waals surface area contributed by atoms with Gasteiger partial charge in [-0.3, -0.25) is 5.41 Å². The van der Waals surface area contributed by atoms with Crippen LogP contribution in [-0.4, -0.2) is 54.0 Å². The molecule has 0 amide bonds. The fraction of sp³-hybridized carbons (Fsp3) is 0.381. The van der Waals surface area contributed by atoms with Crippen LogP contribution in [0.5, 0.6) is 0 Å². The number of nitrogens with one attached hydrogen (secondary N) is 3. The van der Waals surface area contributed by atoms with E-state index in [1.165, 1.54) is 26.0 Å². The molecule has 1 fully saturated rings. The maximum Gasteiger partial charge on any atom is 0.198 e. The number of benzene rings is 1. The molecule has 34 heavy (non-hydrogen) atoms. The molecule has 0 aliphatic carbocycles. The van der Waals surface area contributed by atoms with Gasteiger partial charge in [0.1, 0.15) is 22.1 Å². The molecule has 4 N–H and O–H groups in total. The molecule has 9 nitrogen and oxygen atoms in total. The first-order valence-electron chi connectivity index (χ1n) is 10.1. The molecule has 2 atom stereocenters. The lowest BCUT2D eigenvalue weighted by Gasteiger charge is -2.44. The van der Waals surface area contributed by atoms with Crippen LogP contribution >= 0.6 is 11.6 Å². The van der Waals surface area contributed by atoms with Gasteiger partial charge in [-0.1, -0.05) is 16.8 Å². The number of pyridine rings is 1. The van der Waals surface area contributed by atoms with Crippen molar-refractivity contribution in [3.8, 4) is 0 Å². The Kier molecular flexibility index (Phi) is 7.15. The van der Waals surface area contributed by atoms with Crippen LogP contribution in [0.3, 0.4) is 0 Å². The Bertz CT molecular complexity index is 1260. The van der Waals surface area contributed by atoms with Gasteiger partial charge in [0.2, 0.25) is 0 Å². The largest absolute Gasteiger partial charge is 0.409 e. The van der Waals surface area contributed by atoms with E-state index in [0.29, 0.717) is 0 Å². The second-order valence-electron chi connectivity index (χ2n) is 8.21. The lowest BCUT2D eigenvalue weighted by atomic mass is 9.91. The normalized spacial score (nSPS) is 24.5. The van der Waals surface area contributed by atoms with Gasteiger partial charge in [-0.2, -0.15) is 0 Å². The molecule has 2 aromatic rings. The Morgan fingerprint density at radius 3 is 2.65 bits per heavy atom. The number of ether oxygens (including phenoxy) is 1. The van der Waals surface area contributed by atoms with E-state index in [-0.39, 0.29) is 46.9 Å². The number of halogens is 3. The van der Waals surface area contributed by atoms with Crippen LogP contribution in [0.25, 0.3) is 0 Å². The van der Waals surface area contributed by atoms with Gasteiger partial charge in [0.15, 0.2) is 21.5 Å². The van der Waals surface area contributed by atoms with Gasteiger partial charge in [-0.25, -0.2) is 22.2 Å². The zero-order valence-corrected chi connectivity index (χ0v) is 20.2. The highest BCUT2D eigenvalue weighted by atomic mass is 35.5. The van der Waals surface area contributed by atoms with Crippen molar-refractivity contribution in [2.75, 3.05) is 24.3 Å². The minimum atomic E-state index is -3.95. The molecule has 0 spiro atoms. The van der Waals surface area contributed by atoms with Crippen molar-refractivity contribution in [1.82, 2.24) is 10.3 Å². The van der Waals surface area contributed by atoms with Crippen molar-refractivity contribution in [2.45, 2.75) is 31.1 Å². The second-order valence-corrected chi connectivity index (χ2v) is 11.1. The third-order valence-corrected chi connectivity index (χ3v) is 8.49. The number of nitrogens with zero attached hydrogens (tertiary/aromatic N) is 2. The second kappa shape index (κ2) is 9.43. The molecule has 13 heteroatoms. The average molecular weight is 516 g/mol. The van der Waals surface area contributed by atoms with E-state index in [1.807, 2.05) is 0 Å². The molecule has 1 aromatic heterocycles. The summed E-state index contributed by atoms with van der Waals surface area (Å²) in [5, 5.41) is 26.3. The summed E-state index contributed by atoms with van der Waals surface area (Å²) in [6.07, 6.45) is 1.16. The molecule has 0 unspecified atom stereocenters. The zero-order chi connectivity index (χ0) is 25.3. The highest BCUT2D eigenvalue weighted by Gasteiger charge is 2.54. The Morgan fingerprint density at radius 1 is 1.35 bits per heavy atom. The van der Waals surface area contributed by atoms with E-state index >= 15 is 0 Å². The number of hydrogen-bond acceptors (Lipinski definition) is 7. The summed E-state index contributed by atoms with van der Waals surface area (Å²) >= 11 is 5.70. The van der Waals surface area contributed by atoms with Gasteiger partial charge in [0.25, 0.3) is 0 Å². The van der Waals surface area contributed by atoms with Crippen LogP contribution in [0.1, 0.15) is 32.0 Å².